The van der Waals surface area contributed by atoms with Crippen molar-refractivity contribution in [3.63, 3.8) is 0 Å². The number of amides is 1. The number of rotatable bonds is 8. The van der Waals surface area contributed by atoms with Crippen LogP contribution in [0, 0.1) is 0 Å². The molecule has 1 atom stereocenters. The van der Waals surface area contributed by atoms with Crippen LogP contribution in [0.15, 0.2) is 72.8 Å². The Balaban J connectivity index is 1.98. The van der Waals surface area contributed by atoms with E-state index in [0.29, 0.717) is 21.3 Å². The maximum Gasteiger partial charge on any atom is 0.248 e. The van der Waals surface area contributed by atoms with Crippen LogP contribution >= 0.6 is 23.2 Å². The molecule has 0 radical (unpaired) electrons. The second-order valence-electron chi connectivity index (χ2n) is 7.33. The number of benzene rings is 3. The predicted molar refractivity (Wildman–Crippen MR) is 133 cm³/mol. The van der Waals surface area contributed by atoms with Gasteiger partial charge >= 0.3 is 0 Å². The van der Waals surface area contributed by atoms with Gasteiger partial charge in [0.25, 0.3) is 0 Å². The Morgan fingerprint density at radius 2 is 1.55 bits per heavy atom. The van der Waals surface area contributed by atoms with Crippen molar-refractivity contribution in [2.75, 3.05) is 15.9 Å². The van der Waals surface area contributed by atoms with Gasteiger partial charge in [0.15, 0.2) is 5.78 Å². The van der Waals surface area contributed by atoms with Gasteiger partial charge in [-0.25, -0.2) is 8.42 Å². The Hall–Kier alpha value is -2.87. The van der Waals surface area contributed by atoms with Crippen molar-refractivity contribution in [2.24, 2.45) is 0 Å². The zero-order valence-electron chi connectivity index (χ0n) is 18.0. The number of nitrogens with zero attached hydrogens (tertiary/aromatic N) is 1. The number of sulfonamides is 1. The minimum absolute atomic E-state index is 0.192. The van der Waals surface area contributed by atoms with Crippen molar-refractivity contribution in [3.05, 3.63) is 94.0 Å². The number of anilines is 2. The van der Waals surface area contributed by atoms with E-state index >= 15 is 0 Å². The second-order valence-corrected chi connectivity index (χ2v) is 10.1. The standard InChI is InChI=1S/C24H22Cl2N2O4S/c1-3-22(28(33(2,31)32)19-12-9-17(25)10-13-19)24(30)27-21-14-11-18(26)15-20(21)23(29)16-7-5-4-6-8-16/h4-15,22H,3H2,1-2H3,(H,27,30)/t22-/m0/s1. The monoisotopic (exact) mass is 504 g/mol. The van der Waals surface area contributed by atoms with E-state index in [1.54, 1.807) is 55.5 Å². The Labute approximate surface area is 203 Å². The highest BCUT2D eigenvalue weighted by molar-refractivity contribution is 7.92. The van der Waals surface area contributed by atoms with E-state index < -0.39 is 22.0 Å². The average molecular weight is 505 g/mol. The van der Waals surface area contributed by atoms with E-state index in [9.17, 15) is 18.0 Å². The summed E-state index contributed by atoms with van der Waals surface area (Å²) in [5.41, 5.74) is 1.18. The second kappa shape index (κ2) is 10.4. The average Bonchev–Trinajstić information content (AvgIpc) is 2.78. The van der Waals surface area contributed by atoms with E-state index in [1.807, 2.05) is 0 Å². The first-order valence-corrected chi connectivity index (χ1v) is 12.7. The van der Waals surface area contributed by atoms with Gasteiger partial charge in [-0.1, -0.05) is 60.5 Å². The van der Waals surface area contributed by atoms with E-state index in [4.69, 9.17) is 23.2 Å². The molecule has 3 aromatic rings. The van der Waals surface area contributed by atoms with Crippen molar-refractivity contribution in [1.29, 1.82) is 0 Å². The Kier molecular flexibility index (Phi) is 7.79. The molecule has 1 amide bonds. The molecule has 0 saturated carbocycles. The van der Waals surface area contributed by atoms with E-state index in [2.05, 4.69) is 5.32 Å². The molecule has 0 unspecified atom stereocenters. The molecule has 172 valence electrons. The summed E-state index contributed by atoms with van der Waals surface area (Å²) >= 11 is 12.0. The van der Waals surface area contributed by atoms with E-state index in [-0.39, 0.29) is 23.5 Å². The molecule has 0 aliphatic rings. The normalized spacial score (nSPS) is 12.1. The number of hydrogen-bond donors (Lipinski definition) is 1. The van der Waals surface area contributed by atoms with Crippen molar-refractivity contribution in [3.8, 4) is 0 Å². The highest BCUT2D eigenvalue weighted by Gasteiger charge is 2.32. The number of ketones is 1. The third kappa shape index (κ3) is 5.93. The summed E-state index contributed by atoms with van der Waals surface area (Å²) < 4.78 is 26.3. The highest BCUT2D eigenvalue weighted by atomic mass is 35.5. The number of carbonyl (C=O) groups excluding carboxylic acids is 2. The van der Waals surface area contributed by atoms with Gasteiger partial charge in [0.2, 0.25) is 15.9 Å². The van der Waals surface area contributed by atoms with E-state index in [1.165, 1.54) is 24.3 Å². The molecule has 3 aromatic carbocycles. The molecule has 0 heterocycles. The molecule has 0 aliphatic carbocycles. The van der Waals surface area contributed by atoms with Crippen molar-refractivity contribution in [1.82, 2.24) is 0 Å². The molecule has 0 fully saturated rings. The van der Waals surface area contributed by atoms with Crippen LogP contribution in [0.1, 0.15) is 29.3 Å². The lowest BCUT2D eigenvalue weighted by molar-refractivity contribution is -0.117. The maximum atomic E-state index is 13.3. The first-order chi connectivity index (χ1) is 15.6. The highest BCUT2D eigenvalue weighted by Crippen LogP contribution is 2.27. The minimum Gasteiger partial charge on any atom is -0.324 e. The third-order valence-electron chi connectivity index (χ3n) is 4.93. The molecule has 33 heavy (non-hydrogen) atoms. The van der Waals surface area contributed by atoms with Crippen LogP contribution in [0.3, 0.4) is 0 Å². The fourth-order valence-corrected chi connectivity index (χ4v) is 4.93. The molecule has 0 aromatic heterocycles. The maximum absolute atomic E-state index is 13.3. The molecular weight excluding hydrogens is 483 g/mol. The van der Waals surface area contributed by atoms with E-state index in [0.717, 1.165) is 10.6 Å². The van der Waals surface area contributed by atoms with Gasteiger partial charge in [0.1, 0.15) is 6.04 Å². The molecule has 0 bridgehead atoms. The summed E-state index contributed by atoms with van der Waals surface area (Å²) in [6.07, 6.45) is 1.22. The number of hydrogen-bond acceptors (Lipinski definition) is 4. The molecule has 9 heteroatoms. The summed E-state index contributed by atoms with van der Waals surface area (Å²) in [7, 11) is -3.81. The Morgan fingerprint density at radius 1 is 0.939 bits per heavy atom. The van der Waals surface area contributed by atoms with Gasteiger partial charge in [-0.15, -0.1) is 0 Å². The van der Waals surface area contributed by atoms with Gasteiger partial charge in [-0.3, -0.25) is 13.9 Å². The Bertz CT molecular complexity index is 1260. The SMILES string of the molecule is CC[C@@H](C(=O)Nc1ccc(Cl)cc1C(=O)c1ccccc1)N(c1ccc(Cl)cc1)S(C)(=O)=O. The van der Waals surface area contributed by atoms with Gasteiger partial charge < -0.3 is 5.32 Å². The number of carbonyl (C=O) groups is 2. The first kappa shape index (κ1) is 24.8. The van der Waals surface area contributed by atoms with Crippen molar-refractivity contribution < 1.29 is 18.0 Å². The molecule has 1 N–H and O–H groups in total. The summed E-state index contributed by atoms with van der Waals surface area (Å²) in [5.74, 6) is -0.901. The summed E-state index contributed by atoms with van der Waals surface area (Å²) in [4.78, 5) is 26.3. The molecule has 0 saturated heterocycles. The minimum atomic E-state index is -3.81. The smallest absolute Gasteiger partial charge is 0.248 e. The lowest BCUT2D eigenvalue weighted by atomic mass is 10.0. The van der Waals surface area contributed by atoms with Crippen LogP contribution in [0.25, 0.3) is 0 Å². The van der Waals surface area contributed by atoms with Gasteiger partial charge in [-0.05, 0) is 48.9 Å². The van der Waals surface area contributed by atoms with Crippen LogP contribution in [-0.4, -0.2) is 32.4 Å². The summed E-state index contributed by atoms with van der Waals surface area (Å²) in [6.45, 7) is 1.70. The summed E-state index contributed by atoms with van der Waals surface area (Å²) in [6, 6.07) is 18.2. The topological polar surface area (TPSA) is 83.6 Å². The molecule has 6 nitrogen and oxygen atoms in total. The lowest BCUT2D eigenvalue weighted by Gasteiger charge is -2.30. The van der Waals surface area contributed by atoms with Crippen molar-refractivity contribution in [2.45, 2.75) is 19.4 Å². The van der Waals surface area contributed by atoms with Crippen molar-refractivity contribution >= 4 is 56.3 Å². The number of nitrogens with one attached hydrogen (secondary N) is 1. The lowest BCUT2D eigenvalue weighted by Crippen LogP contribution is -2.47. The first-order valence-electron chi connectivity index (χ1n) is 10.1. The Morgan fingerprint density at radius 3 is 2.12 bits per heavy atom. The molecular formula is C24H22Cl2N2O4S. The van der Waals surface area contributed by atoms with Crippen LogP contribution < -0.4 is 9.62 Å². The van der Waals surface area contributed by atoms with Crippen LogP contribution in [-0.2, 0) is 14.8 Å². The van der Waals surface area contributed by atoms with Gasteiger partial charge in [-0.2, -0.15) is 0 Å². The predicted octanol–water partition coefficient (Wildman–Crippen LogP) is 5.41. The summed E-state index contributed by atoms with van der Waals surface area (Å²) in [5, 5.41) is 3.49. The fraction of sp³-hybridized carbons (Fsp3) is 0.167. The third-order valence-corrected chi connectivity index (χ3v) is 6.60. The van der Waals surface area contributed by atoms with Gasteiger partial charge in [0.05, 0.1) is 17.6 Å². The zero-order valence-corrected chi connectivity index (χ0v) is 20.3. The van der Waals surface area contributed by atoms with Crippen LogP contribution in [0.2, 0.25) is 10.0 Å². The number of halogens is 2. The van der Waals surface area contributed by atoms with Gasteiger partial charge in [0, 0.05) is 21.2 Å². The zero-order chi connectivity index (χ0) is 24.2. The molecule has 3 rings (SSSR count). The van der Waals surface area contributed by atoms with Crippen LogP contribution in [0.5, 0.6) is 0 Å². The molecule has 0 spiro atoms. The van der Waals surface area contributed by atoms with Crippen LogP contribution in [0.4, 0.5) is 11.4 Å². The largest absolute Gasteiger partial charge is 0.324 e. The fourth-order valence-electron chi connectivity index (χ4n) is 3.42. The quantitative estimate of drug-likeness (QED) is 0.415. The molecule has 0 aliphatic heterocycles.